The van der Waals surface area contributed by atoms with Crippen molar-refractivity contribution in [1.82, 2.24) is 14.6 Å². The van der Waals surface area contributed by atoms with Crippen molar-refractivity contribution in [3.63, 3.8) is 0 Å². The van der Waals surface area contributed by atoms with E-state index in [-0.39, 0.29) is 0 Å². The quantitative estimate of drug-likeness (QED) is 0.896. The van der Waals surface area contributed by atoms with Gasteiger partial charge in [0.25, 0.3) is 0 Å². The normalized spacial score (nSPS) is 12.7. The zero-order valence-electron chi connectivity index (χ0n) is 12.4. The second-order valence-electron chi connectivity index (χ2n) is 6.13. The van der Waals surface area contributed by atoms with Gasteiger partial charge in [0.2, 0.25) is 0 Å². The number of hydrogen-bond donors (Lipinski definition) is 2. The fourth-order valence-corrected chi connectivity index (χ4v) is 1.89. The van der Waals surface area contributed by atoms with Crippen LogP contribution in [0.3, 0.4) is 0 Å². The van der Waals surface area contributed by atoms with Crippen molar-refractivity contribution in [3.05, 3.63) is 24.0 Å². The number of rotatable bonds is 4. The number of pyridine rings is 1. The van der Waals surface area contributed by atoms with E-state index >= 15 is 0 Å². The van der Waals surface area contributed by atoms with Gasteiger partial charge in [0, 0.05) is 5.54 Å². The predicted octanol–water partition coefficient (Wildman–Crippen LogP) is 2.34. The lowest BCUT2D eigenvalue weighted by molar-refractivity contribution is -0.149. The molecule has 0 aliphatic heterocycles. The Bertz CT molecular complexity index is 658. The molecule has 108 valence electrons. The second kappa shape index (κ2) is 4.47. The molecule has 6 nitrogen and oxygen atoms in total. The molecule has 0 fully saturated rings. The summed E-state index contributed by atoms with van der Waals surface area (Å²) in [6.07, 6.45) is 1.48. The van der Waals surface area contributed by atoms with Gasteiger partial charge >= 0.3 is 5.97 Å². The number of hydrogen-bond acceptors (Lipinski definition) is 4. The molecule has 2 aromatic rings. The monoisotopic (exact) mass is 276 g/mol. The number of carboxylic acids is 1. The maximum atomic E-state index is 11.5. The van der Waals surface area contributed by atoms with Crippen LogP contribution in [0.5, 0.6) is 0 Å². The number of carbonyl (C=O) groups is 1. The summed E-state index contributed by atoms with van der Waals surface area (Å²) in [6.45, 7) is 9.11. The maximum Gasteiger partial charge on any atom is 0.311 e. The molecular weight excluding hydrogens is 256 g/mol. The Morgan fingerprint density at radius 3 is 2.55 bits per heavy atom. The molecule has 0 atom stereocenters. The molecule has 0 radical (unpaired) electrons. The molecular formula is C14H20N4O2. The number of fused-ring (bicyclic) bond motifs is 1. The highest BCUT2D eigenvalue weighted by molar-refractivity contribution is 5.76. The van der Waals surface area contributed by atoms with Crippen LogP contribution in [-0.4, -0.2) is 31.2 Å². The Morgan fingerprint density at radius 2 is 1.95 bits per heavy atom. The highest BCUT2D eigenvalue weighted by atomic mass is 16.4. The number of nitrogens with zero attached hydrogens (tertiary/aromatic N) is 3. The minimum absolute atomic E-state index is 0.661. The van der Waals surface area contributed by atoms with Crippen LogP contribution < -0.4 is 5.32 Å². The maximum absolute atomic E-state index is 11.5. The van der Waals surface area contributed by atoms with E-state index in [1.807, 2.05) is 32.9 Å². The lowest BCUT2D eigenvalue weighted by atomic mass is 9.74. The summed E-state index contributed by atoms with van der Waals surface area (Å²) < 4.78 is 1.67. The summed E-state index contributed by atoms with van der Waals surface area (Å²) in [6, 6.07) is 3.86. The van der Waals surface area contributed by atoms with E-state index in [2.05, 4.69) is 15.4 Å². The van der Waals surface area contributed by atoms with Gasteiger partial charge < -0.3 is 10.4 Å². The molecule has 2 aromatic heterocycles. The van der Waals surface area contributed by atoms with Crippen LogP contribution in [0.2, 0.25) is 0 Å². The van der Waals surface area contributed by atoms with Crippen molar-refractivity contribution < 1.29 is 9.90 Å². The summed E-state index contributed by atoms with van der Waals surface area (Å²) >= 11 is 0. The molecule has 0 aliphatic rings. The van der Waals surface area contributed by atoms with Gasteiger partial charge in [-0.3, -0.25) is 4.79 Å². The van der Waals surface area contributed by atoms with E-state index < -0.39 is 16.9 Å². The summed E-state index contributed by atoms with van der Waals surface area (Å²) in [4.78, 5) is 15.6. The van der Waals surface area contributed by atoms with Crippen molar-refractivity contribution >= 4 is 17.4 Å². The van der Waals surface area contributed by atoms with Gasteiger partial charge in [0.15, 0.2) is 5.65 Å². The molecule has 0 unspecified atom stereocenters. The lowest BCUT2D eigenvalue weighted by Gasteiger charge is -2.39. The summed E-state index contributed by atoms with van der Waals surface area (Å²) in [5.74, 6) is -0.116. The van der Waals surface area contributed by atoms with Gasteiger partial charge in [-0.1, -0.05) is 0 Å². The van der Waals surface area contributed by atoms with Crippen molar-refractivity contribution in [1.29, 1.82) is 0 Å². The van der Waals surface area contributed by atoms with Crippen LogP contribution >= 0.6 is 0 Å². The average Bonchev–Trinajstić information content (AvgIpc) is 2.75. The third-order valence-corrected chi connectivity index (χ3v) is 4.06. The van der Waals surface area contributed by atoms with Crippen molar-refractivity contribution in [2.45, 2.75) is 40.2 Å². The van der Waals surface area contributed by atoms with Crippen LogP contribution in [0.1, 0.15) is 33.3 Å². The molecule has 0 aliphatic carbocycles. The molecule has 0 saturated heterocycles. The Hall–Kier alpha value is -2.11. The van der Waals surface area contributed by atoms with Crippen LogP contribution in [0.25, 0.3) is 5.65 Å². The van der Waals surface area contributed by atoms with Crippen LogP contribution in [-0.2, 0) is 4.79 Å². The van der Waals surface area contributed by atoms with Crippen molar-refractivity contribution in [2.24, 2.45) is 5.41 Å². The summed E-state index contributed by atoms with van der Waals surface area (Å²) in [5.41, 5.74) is 0.170. The van der Waals surface area contributed by atoms with E-state index in [4.69, 9.17) is 0 Å². The molecule has 0 spiro atoms. The standard InChI is InChI=1S/C14H20N4O2/c1-9-6-10-15-8-16-18(10)11(7-9)17-14(4,5)13(2,3)12(19)20/h6-8,17H,1-5H3,(H,19,20). The van der Waals surface area contributed by atoms with Gasteiger partial charge in [-0.25, -0.2) is 4.98 Å². The molecule has 6 heteroatoms. The minimum Gasteiger partial charge on any atom is -0.481 e. The highest BCUT2D eigenvalue weighted by Crippen LogP contribution is 2.34. The number of anilines is 1. The van der Waals surface area contributed by atoms with E-state index in [9.17, 15) is 9.90 Å². The smallest absolute Gasteiger partial charge is 0.311 e. The molecule has 2 rings (SSSR count). The first-order valence-corrected chi connectivity index (χ1v) is 6.47. The van der Waals surface area contributed by atoms with Crippen LogP contribution in [0, 0.1) is 12.3 Å². The number of aromatic nitrogens is 3. The van der Waals surface area contributed by atoms with E-state index in [1.165, 1.54) is 6.33 Å². The van der Waals surface area contributed by atoms with Gasteiger partial charge in [-0.15, -0.1) is 0 Å². The first kappa shape index (κ1) is 14.3. The zero-order valence-corrected chi connectivity index (χ0v) is 12.4. The van der Waals surface area contributed by atoms with E-state index in [1.54, 1.807) is 18.4 Å². The van der Waals surface area contributed by atoms with Gasteiger partial charge in [0.05, 0.1) is 5.41 Å². The van der Waals surface area contributed by atoms with Crippen molar-refractivity contribution in [2.75, 3.05) is 5.32 Å². The molecule has 20 heavy (non-hydrogen) atoms. The third kappa shape index (κ3) is 2.21. The first-order chi connectivity index (χ1) is 9.15. The number of aryl methyl sites for hydroxylation is 1. The van der Waals surface area contributed by atoms with Crippen LogP contribution in [0.15, 0.2) is 18.5 Å². The first-order valence-electron chi connectivity index (χ1n) is 6.47. The molecule has 0 amide bonds. The fourth-order valence-electron chi connectivity index (χ4n) is 1.89. The molecule has 0 saturated carbocycles. The molecule has 0 bridgehead atoms. The fraction of sp³-hybridized carbons (Fsp3) is 0.500. The Labute approximate surface area is 117 Å². The highest BCUT2D eigenvalue weighted by Gasteiger charge is 2.43. The zero-order chi connectivity index (χ0) is 15.1. The van der Waals surface area contributed by atoms with E-state index in [0.29, 0.717) is 0 Å². The largest absolute Gasteiger partial charge is 0.481 e. The number of aliphatic carboxylic acids is 1. The topological polar surface area (TPSA) is 79.5 Å². The van der Waals surface area contributed by atoms with Gasteiger partial charge in [-0.05, 0) is 52.3 Å². The van der Waals surface area contributed by atoms with Crippen LogP contribution in [0.4, 0.5) is 5.82 Å². The molecule has 0 aromatic carbocycles. The average molecular weight is 276 g/mol. The lowest BCUT2D eigenvalue weighted by Crippen LogP contribution is -2.51. The summed E-state index contributed by atoms with van der Waals surface area (Å²) in [7, 11) is 0. The molecule has 2 N–H and O–H groups in total. The molecule has 2 heterocycles. The number of nitrogens with one attached hydrogen (secondary N) is 1. The van der Waals surface area contributed by atoms with E-state index in [0.717, 1.165) is 17.0 Å². The SMILES string of the molecule is Cc1cc(NC(C)(C)C(C)(C)C(=O)O)n2ncnc2c1. The Morgan fingerprint density at radius 1 is 1.30 bits per heavy atom. The third-order valence-electron chi connectivity index (χ3n) is 4.06. The second-order valence-corrected chi connectivity index (χ2v) is 6.13. The Balaban J connectivity index is 2.46. The predicted molar refractivity (Wildman–Crippen MR) is 76.8 cm³/mol. The number of carboxylic acid groups (broad SMARTS) is 1. The van der Waals surface area contributed by atoms with Crippen molar-refractivity contribution in [3.8, 4) is 0 Å². The summed E-state index contributed by atoms with van der Waals surface area (Å²) in [5, 5.41) is 16.9. The Kier molecular flexibility index (Phi) is 3.20. The van der Waals surface area contributed by atoms with Gasteiger partial charge in [0.1, 0.15) is 12.1 Å². The minimum atomic E-state index is -0.941. The van der Waals surface area contributed by atoms with Gasteiger partial charge in [-0.2, -0.15) is 9.61 Å².